The molecule has 0 aromatic heterocycles. The van der Waals surface area contributed by atoms with E-state index in [0.29, 0.717) is 12.8 Å². The Hall–Kier alpha value is -2.19. The van der Waals surface area contributed by atoms with Crippen LogP contribution in [-0.4, -0.2) is 75.5 Å². The van der Waals surface area contributed by atoms with Gasteiger partial charge in [0, 0.05) is 19.3 Å². The molecule has 2 atom stereocenters. The van der Waals surface area contributed by atoms with Gasteiger partial charge in [0.15, 0.2) is 6.10 Å². The molecule has 0 amide bonds. The fraction of sp³-hybridized carbons (Fsp3) is 0.841. The lowest BCUT2D eigenvalue weighted by atomic mass is 10.1. The van der Waals surface area contributed by atoms with Crippen LogP contribution in [0, 0.1) is 0 Å². The van der Waals surface area contributed by atoms with Gasteiger partial charge in [-0.2, -0.15) is 0 Å². The number of nitrogens with zero attached hydrogens (tertiary/aromatic N) is 1. The predicted molar refractivity (Wildman–Crippen MR) is 213 cm³/mol. The molecule has 2 unspecified atom stereocenters. The average molecular weight is 736 g/mol. The molecular formula is C44H81NO7. The summed E-state index contributed by atoms with van der Waals surface area (Å²) in [6.07, 6.45) is 37.7. The van der Waals surface area contributed by atoms with Crippen molar-refractivity contribution < 1.29 is 38.2 Å². The normalized spacial score (nSPS) is 13.2. The summed E-state index contributed by atoms with van der Waals surface area (Å²) in [6, 6.07) is -0.724. The average Bonchev–Trinajstić information content (AvgIpc) is 3.09. The van der Waals surface area contributed by atoms with Crippen LogP contribution in [0.25, 0.3) is 0 Å². The standard InChI is InChI=1S/C44H81NO7/c1-6-8-10-12-14-16-18-19-20-21-22-23-24-25-27-28-30-32-34-42(46)51-39-40(38-50-37-36-41(44(48)49)45(3,4)5)52-43(47)35-33-31-29-26-17-15-13-11-9-7-2/h20-23,40-41H,6-19,24-39H2,1-5H3/b21-20+,23-22+. The van der Waals surface area contributed by atoms with Gasteiger partial charge < -0.3 is 28.6 Å². The molecule has 0 bridgehead atoms. The third kappa shape index (κ3) is 33.6. The first-order chi connectivity index (χ1) is 25.1. The molecule has 0 rings (SSSR count). The number of hydrogen-bond donors (Lipinski definition) is 0. The van der Waals surface area contributed by atoms with E-state index < -0.39 is 18.1 Å². The van der Waals surface area contributed by atoms with Gasteiger partial charge in [0.2, 0.25) is 0 Å². The van der Waals surface area contributed by atoms with Gasteiger partial charge >= 0.3 is 11.9 Å². The Labute approximate surface area is 320 Å². The second kappa shape index (κ2) is 35.8. The fourth-order valence-corrected chi connectivity index (χ4v) is 6.24. The Balaban J connectivity index is 4.33. The number of esters is 2. The SMILES string of the molecule is CCCCCCCCC/C=C/C=C/CCCCCCCC(=O)OCC(COCCC(C(=O)[O-])[N+](C)(C)C)OC(=O)CCCCCCCCCCCC. The second-order valence-corrected chi connectivity index (χ2v) is 15.6. The van der Waals surface area contributed by atoms with Gasteiger partial charge in [-0.1, -0.05) is 154 Å². The topological polar surface area (TPSA) is 102 Å². The lowest BCUT2D eigenvalue weighted by Crippen LogP contribution is -2.55. The van der Waals surface area contributed by atoms with Gasteiger partial charge in [-0.05, 0) is 38.5 Å². The van der Waals surface area contributed by atoms with Gasteiger partial charge in [-0.25, -0.2) is 0 Å². The van der Waals surface area contributed by atoms with Crippen LogP contribution in [0.5, 0.6) is 0 Å². The number of aliphatic carboxylic acids is 1. The van der Waals surface area contributed by atoms with E-state index in [9.17, 15) is 19.5 Å². The summed E-state index contributed by atoms with van der Waals surface area (Å²) >= 11 is 0. The van der Waals surface area contributed by atoms with Crippen molar-refractivity contribution in [3.05, 3.63) is 24.3 Å². The smallest absolute Gasteiger partial charge is 0.306 e. The summed E-state index contributed by atoms with van der Waals surface area (Å²) < 4.78 is 17.1. The molecule has 52 heavy (non-hydrogen) atoms. The Morgan fingerprint density at radius 2 is 1.00 bits per heavy atom. The van der Waals surface area contributed by atoms with E-state index in [0.717, 1.165) is 57.8 Å². The maximum Gasteiger partial charge on any atom is 0.306 e. The van der Waals surface area contributed by atoms with Crippen molar-refractivity contribution in [3.8, 4) is 0 Å². The maximum absolute atomic E-state index is 12.6. The largest absolute Gasteiger partial charge is 0.544 e. The summed E-state index contributed by atoms with van der Waals surface area (Å²) in [4.78, 5) is 36.7. The molecule has 0 fully saturated rings. The third-order valence-corrected chi connectivity index (χ3v) is 9.62. The number of carboxylic acid groups (broad SMARTS) is 1. The van der Waals surface area contributed by atoms with Gasteiger partial charge in [-0.3, -0.25) is 9.59 Å². The van der Waals surface area contributed by atoms with E-state index >= 15 is 0 Å². The molecule has 0 aromatic carbocycles. The highest BCUT2D eigenvalue weighted by atomic mass is 16.6. The Bertz CT molecular complexity index is 911. The molecular weight excluding hydrogens is 654 g/mol. The highest BCUT2D eigenvalue weighted by molar-refractivity contribution is 5.70. The zero-order chi connectivity index (χ0) is 38.5. The van der Waals surface area contributed by atoms with E-state index in [1.54, 1.807) is 21.1 Å². The summed E-state index contributed by atoms with van der Waals surface area (Å²) in [5.41, 5.74) is 0. The van der Waals surface area contributed by atoms with E-state index in [2.05, 4.69) is 38.2 Å². The van der Waals surface area contributed by atoms with E-state index in [1.807, 2.05) is 0 Å². The summed E-state index contributed by atoms with van der Waals surface area (Å²) in [6.45, 7) is 4.63. The molecule has 0 aliphatic rings. The van der Waals surface area contributed by atoms with E-state index in [4.69, 9.17) is 14.2 Å². The van der Waals surface area contributed by atoms with Crippen molar-refractivity contribution in [3.63, 3.8) is 0 Å². The molecule has 0 spiro atoms. The lowest BCUT2D eigenvalue weighted by Gasteiger charge is -2.34. The molecule has 0 radical (unpaired) electrons. The highest BCUT2D eigenvalue weighted by Gasteiger charge is 2.25. The first kappa shape index (κ1) is 49.8. The summed E-state index contributed by atoms with van der Waals surface area (Å²) in [5.74, 6) is -1.75. The van der Waals surface area contributed by atoms with Crippen LogP contribution in [0.1, 0.15) is 187 Å². The van der Waals surface area contributed by atoms with Crippen LogP contribution in [-0.2, 0) is 28.6 Å². The number of likely N-dealkylation sites (N-methyl/N-ethyl adjacent to an activating group) is 1. The minimum Gasteiger partial charge on any atom is -0.544 e. The molecule has 0 heterocycles. The number of hydrogen-bond acceptors (Lipinski definition) is 7. The minimum absolute atomic E-state index is 0.0391. The molecule has 0 saturated carbocycles. The van der Waals surface area contributed by atoms with Crippen LogP contribution < -0.4 is 5.11 Å². The van der Waals surface area contributed by atoms with Gasteiger partial charge in [-0.15, -0.1) is 0 Å². The van der Waals surface area contributed by atoms with Crippen molar-refractivity contribution in [2.45, 2.75) is 199 Å². The number of carbonyl (C=O) groups excluding carboxylic acids is 3. The van der Waals surface area contributed by atoms with Crippen molar-refractivity contribution in [2.75, 3.05) is 41.0 Å². The number of ether oxygens (including phenoxy) is 3. The van der Waals surface area contributed by atoms with Gasteiger partial charge in [0.05, 0.1) is 40.3 Å². The Morgan fingerprint density at radius 3 is 1.44 bits per heavy atom. The van der Waals surface area contributed by atoms with Gasteiger partial charge in [0.1, 0.15) is 12.6 Å². The number of carboxylic acids is 1. The number of allylic oxidation sites excluding steroid dienone is 4. The molecule has 0 aliphatic heterocycles. The number of rotatable bonds is 38. The molecule has 304 valence electrons. The quantitative estimate of drug-likeness (QED) is 0.0269. The first-order valence-corrected chi connectivity index (χ1v) is 21.4. The number of unbranched alkanes of at least 4 members (excludes halogenated alkanes) is 21. The highest BCUT2D eigenvalue weighted by Crippen LogP contribution is 2.14. The van der Waals surface area contributed by atoms with Crippen LogP contribution >= 0.6 is 0 Å². The van der Waals surface area contributed by atoms with Crippen LogP contribution in [0.3, 0.4) is 0 Å². The zero-order valence-electron chi connectivity index (χ0n) is 34.5. The maximum atomic E-state index is 12.6. The zero-order valence-corrected chi connectivity index (χ0v) is 34.5. The molecule has 0 aliphatic carbocycles. The number of carbonyl (C=O) groups is 3. The van der Waals surface area contributed by atoms with Gasteiger partial charge in [0.25, 0.3) is 0 Å². The van der Waals surface area contributed by atoms with Crippen LogP contribution in [0.2, 0.25) is 0 Å². The molecule has 0 N–H and O–H groups in total. The molecule has 8 heteroatoms. The molecule has 8 nitrogen and oxygen atoms in total. The number of quaternary nitrogens is 1. The first-order valence-electron chi connectivity index (χ1n) is 21.4. The summed E-state index contributed by atoms with van der Waals surface area (Å²) in [5, 5.41) is 11.6. The van der Waals surface area contributed by atoms with Crippen molar-refractivity contribution in [1.29, 1.82) is 0 Å². The predicted octanol–water partition coefficient (Wildman–Crippen LogP) is 9.97. The molecule has 0 aromatic rings. The minimum atomic E-state index is -1.13. The van der Waals surface area contributed by atoms with Crippen molar-refractivity contribution >= 4 is 17.9 Å². The van der Waals surface area contributed by atoms with Crippen molar-refractivity contribution in [1.82, 2.24) is 0 Å². The fourth-order valence-electron chi connectivity index (χ4n) is 6.24. The Morgan fingerprint density at radius 1 is 0.577 bits per heavy atom. The molecule has 0 saturated heterocycles. The second-order valence-electron chi connectivity index (χ2n) is 15.6. The monoisotopic (exact) mass is 736 g/mol. The van der Waals surface area contributed by atoms with Crippen LogP contribution in [0.4, 0.5) is 0 Å². The van der Waals surface area contributed by atoms with E-state index in [-0.39, 0.29) is 42.7 Å². The summed E-state index contributed by atoms with van der Waals surface area (Å²) in [7, 11) is 5.40. The van der Waals surface area contributed by atoms with Crippen molar-refractivity contribution in [2.24, 2.45) is 0 Å². The lowest BCUT2D eigenvalue weighted by molar-refractivity contribution is -0.889. The van der Waals surface area contributed by atoms with E-state index in [1.165, 1.54) is 96.3 Å². The Kier molecular flexibility index (Phi) is 34.3. The van der Waals surface area contributed by atoms with Crippen LogP contribution in [0.15, 0.2) is 24.3 Å². The third-order valence-electron chi connectivity index (χ3n) is 9.62.